The van der Waals surface area contributed by atoms with Gasteiger partial charge in [0.1, 0.15) is 0 Å². The van der Waals surface area contributed by atoms with Crippen LogP contribution in [0.4, 0.5) is 5.69 Å². The predicted molar refractivity (Wildman–Crippen MR) is 81.5 cm³/mol. The van der Waals surface area contributed by atoms with Gasteiger partial charge in [-0.05, 0) is 18.2 Å². The van der Waals surface area contributed by atoms with E-state index < -0.39 is 23.8 Å². The lowest BCUT2D eigenvalue weighted by Gasteiger charge is -2.11. The highest BCUT2D eigenvalue weighted by atomic mass is 35.5. The Morgan fingerprint density at radius 3 is 2.26 bits per heavy atom. The lowest BCUT2D eigenvalue weighted by molar-refractivity contribution is -0.136. The fraction of sp³-hybridized carbons (Fsp3) is 0.286. The van der Waals surface area contributed by atoms with E-state index >= 15 is 0 Å². The van der Waals surface area contributed by atoms with Gasteiger partial charge in [0.15, 0.2) is 0 Å². The van der Waals surface area contributed by atoms with Gasteiger partial charge in [-0.1, -0.05) is 0 Å². The van der Waals surface area contributed by atoms with Crippen LogP contribution in [0.5, 0.6) is 0 Å². The highest BCUT2D eigenvalue weighted by molar-refractivity contribution is 6.40. The molecule has 2 N–H and O–H groups in total. The van der Waals surface area contributed by atoms with E-state index in [1.807, 2.05) is 0 Å². The van der Waals surface area contributed by atoms with Crippen LogP contribution in [0.15, 0.2) is 18.2 Å². The van der Waals surface area contributed by atoms with Crippen molar-refractivity contribution in [1.82, 2.24) is 5.32 Å². The summed E-state index contributed by atoms with van der Waals surface area (Å²) in [4.78, 5) is 46.6. The molecule has 0 atom stereocenters. The van der Waals surface area contributed by atoms with Crippen molar-refractivity contribution in [3.05, 3.63) is 29.3 Å². The van der Waals surface area contributed by atoms with Crippen molar-refractivity contribution in [3.63, 3.8) is 0 Å². The number of carbonyl (C=O) groups excluding carboxylic acids is 4. The van der Waals surface area contributed by atoms with Gasteiger partial charge in [-0.15, -0.1) is 11.6 Å². The first kappa shape index (κ1) is 18.4. The van der Waals surface area contributed by atoms with Gasteiger partial charge in [0.25, 0.3) is 0 Å². The van der Waals surface area contributed by atoms with E-state index in [-0.39, 0.29) is 29.2 Å². The summed E-state index contributed by atoms with van der Waals surface area (Å²) >= 11 is 5.41. The average Bonchev–Trinajstić information content (AvgIpc) is 2.57. The average molecular weight is 343 g/mol. The third kappa shape index (κ3) is 4.96. The van der Waals surface area contributed by atoms with Crippen molar-refractivity contribution >= 4 is 41.0 Å². The number of hydrogen-bond acceptors (Lipinski definition) is 6. The van der Waals surface area contributed by atoms with Gasteiger partial charge in [-0.2, -0.15) is 0 Å². The number of ether oxygens (including phenoxy) is 2. The number of alkyl halides is 1. The van der Waals surface area contributed by atoms with Crippen molar-refractivity contribution < 1.29 is 28.7 Å². The Kier molecular flexibility index (Phi) is 7.01. The smallest absolute Gasteiger partial charge is 0.339 e. The minimum Gasteiger partial charge on any atom is -0.465 e. The molecule has 0 aliphatic rings. The number of carbonyl (C=O) groups is 4. The van der Waals surface area contributed by atoms with Crippen LogP contribution in [0.25, 0.3) is 0 Å². The van der Waals surface area contributed by atoms with Crippen LogP contribution >= 0.6 is 11.6 Å². The molecule has 0 bridgehead atoms. The summed E-state index contributed by atoms with van der Waals surface area (Å²) in [6.07, 6.45) is 0. The Balaban J connectivity index is 3.09. The standard InChI is InChI=1S/C14H15ClN2O6/c1-22-13(20)8-3-4-9(14(21)23-2)10(7-8)17-12(19)11(18)16-6-5-15/h3-4,7H,5-6H2,1-2H3,(H,16,18)(H,17,19). The maximum absolute atomic E-state index is 11.8. The molecule has 0 aromatic heterocycles. The van der Waals surface area contributed by atoms with Crippen molar-refractivity contribution in [3.8, 4) is 0 Å². The van der Waals surface area contributed by atoms with Crippen LogP contribution < -0.4 is 10.6 Å². The molecule has 124 valence electrons. The van der Waals surface area contributed by atoms with E-state index in [9.17, 15) is 19.2 Å². The number of esters is 2. The molecule has 1 aromatic rings. The lowest BCUT2D eigenvalue weighted by Crippen LogP contribution is -2.36. The maximum atomic E-state index is 11.8. The molecule has 1 rings (SSSR count). The number of benzene rings is 1. The molecule has 9 heteroatoms. The van der Waals surface area contributed by atoms with Crippen molar-refractivity contribution in [2.75, 3.05) is 32.0 Å². The predicted octanol–water partition coefficient (Wildman–Crippen LogP) is 0.553. The summed E-state index contributed by atoms with van der Waals surface area (Å²) in [7, 11) is 2.35. The monoisotopic (exact) mass is 342 g/mol. The zero-order valence-electron chi connectivity index (χ0n) is 12.5. The first-order chi connectivity index (χ1) is 10.9. The minimum absolute atomic E-state index is 0.0151. The van der Waals surface area contributed by atoms with Crippen molar-refractivity contribution in [2.45, 2.75) is 0 Å². The van der Waals surface area contributed by atoms with E-state index in [4.69, 9.17) is 11.6 Å². The lowest BCUT2D eigenvalue weighted by atomic mass is 10.1. The fourth-order valence-electron chi connectivity index (χ4n) is 1.60. The number of rotatable bonds is 5. The van der Waals surface area contributed by atoms with Gasteiger partial charge in [0.05, 0.1) is 31.0 Å². The van der Waals surface area contributed by atoms with Gasteiger partial charge in [0, 0.05) is 12.4 Å². The molecule has 0 aliphatic carbocycles. The molecule has 1 aromatic carbocycles. The molecule has 0 saturated carbocycles. The zero-order valence-corrected chi connectivity index (χ0v) is 13.2. The quantitative estimate of drug-likeness (QED) is 0.459. The van der Waals surface area contributed by atoms with Crippen LogP contribution in [-0.4, -0.2) is 50.4 Å². The number of halogens is 1. The second kappa shape index (κ2) is 8.74. The Labute approximate surface area is 137 Å². The van der Waals surface area contributed by atoms with Crippen LogP contribution in [0.3, 0.4) is 0 Å². The Morgan fingerprint density at radius 1 is 1.04 bits per heavy atom. The summed E-state index contributed by atoms with van der Waals surface area (Å²) in [6.45, 7) is 0.111. The van der Waals surface area contributed by atoms with Gasteiger partial charge in [-0.25, -0.2) is 9.59 Å². The largest absolute Gasteiger partial charge is 0.465 e. The third-order valence-electron chi connectivity index (χ3n) is 2.68. The van der Waals surface area contributed by atoms with E-state index in [2.05, 4.69) is 20.1 Å². The summed E-state index contributed by atoms with van der Waals surface area (Å²) in [6, 6.07) is 3.83. The highest BCUT2D eigenvalue weighted by Gasteiger charge is 2.20. The number of methoxy groups -OCH3 is 2. The summed E-state index contributed by atoms with van der Waals surface area (Å²) in [5.41, 5.74) is 0.0287. The van der Waals surface area contributed by atoms with Gasteiger partial charge in [0.2, 0.25) is 0 Å². The van der Waals surface area contributed by atoms with Crippen molar-refractivity contribution in [2.24, 2.45) is 0 Å². The maximum Gasteiger partial charge on any atom is 0.339 e. The first-order valence-corrected chi connectivity index (χ1v) is 6.93. The molecule has 2 amide bonds. The molecule has 0 unspecified atom stereocenters. The van der Waals surface area contributed by atoms with Crippen LogP contribution in [-0.2, 0) is 19.1 Å². The second-order valence-corrected chi connectivity index (χ2v) is 4.52. The number of anilines is 1. The fourth-order valence-corrected chi connectivity index (χ4v) is 1.70. The minimum atomic E-state index is -1.01. The summed E-state index contributed by atoms with van der Waals surface area (Å²) < 4.78 is 9.15. The summed E-state index contributed by atoms with van der Waals surface area (Å²) in [5.74, 6) is -3.20. The zero-order chi connectivity index (χ0) is 17.4. The van der Waals surface area contributed by atoms with Crippen LogP contribution in [0, 0.1) is 0 Å². The molecule has 23 heavy (non-hydrogen) atoms. The van der Waals surface area contributed by atoms with E-state index in [0.29, 0.717) is 0 Å². The SMILES string of the molecule is COC(=O)c1ccc(C(=O)OC)c(NC(=O)C(=O)NCCCl)c1. The third-order valence-corrected chi connectivity index (χ3v) is 2.87. The molecule has 0 spiro atoms. The van der Waals surface area contributed by atoms with Crippen LogP contribution in [0.1, 0.15) is 20.7 Å². The normalized spacial score (nSPS) is 9.70. The first-order valence-electron chi connectivity index (χ1n) is 6.40. The summed E-state index contributed by atoms with van der Waals surface area (Å²) in [5, 5.41) is 4.52. The van der Waals surface area contributed by atoms with Gasteiger partial charge in [-0.3, -0.25) is 9.59 Å². The second-order valence-electron chi connectivity index (χ2n) is 4.14. The molecule has 0 radical (unpaired) electrons. The molecule has 8 nitrogen and oxygen atoms in total. The van der Waals surface area contributed by atoms with E-state index in [0.717, 1.165) is 7.11 Å². The molecular weight excluding hydrogens is 328 g/mol. The number of hydrogen-bond donors (Lipinski definition) is 2. The Morgan fingerprint density at radius 2 is 1.70 bits per heavy atom. The molecule has 0 heterocycles. The Bertz CT molecular complexity index is 632. The molecule has 0 saturated heterocycles. The topological polar surface area (TPSA) is 111 Å². The highest BCUT2D eigenvalue weighted by Crippen LogP contribution is 2.19. The molecule has 0 aliphatic heterocycles. The van der Waals surface area contributed by atoms with Gasteiger partial charge < -0.3 is 20.1 Å². The van der Waals surface area contributed by atoms with Crippen molar-refractivity contribution in [1.29, 1.82) is 0 Å². The number of amides is 2. The van der Waals surface area contributed by atoms with Gasteiger partial charge >= 0.3 is 23.8 Å². The van der Waals surface area contributed by atoms with E-state index in [1.54, 1.807) is 0 Å². The van der Waals surface area contributed by atoms with Crippen LogP contribution in [0.2, 0.25) is 0 Å². The number of nitrogens with one attached hydrogen (secondary N) is 2. The Hall–Kier alpha value is -2.61. The molecule has 0 fully saturated rings. The van der Waals surface area contributed by atoms with E-state index in [1.165, 1.54) is 25.3 Å². The molecular formula is C14H15ClN2O6.